The van der Waals surface area contributed by atoms with E-state index in [0.29, 0.717) is 12.1 Å². The molecule has 2 rings (SSSR count). The highest BCUT2D eigenvalue weighted by Gasteiger charge is 2.40. The Bertz CT molecular complexity index is 478. The third kappa shape index (κ3) is 2.28. The van der Waals surface area contributed by atoms with Crippen LogP contribution in [0.1, 0.15) is 5.76 Å². The van der Waals surface area contributed by atoms with Crippen LogP contribution < -0.4 is 5.73 Å². The summed E-state index contributed by atoms with van der Waals surface area (Å²) < 4.78 is 9.69. The zero-order valence-corrected chi connectivity index (χ0v) is 9.96. The minimum Gasteiger partial charge on any atom is -0.469 e. The van der Waals surface area contributed by atoms with Crippen LogP contribution in [0.15, 0.2) is 34.6 Å². The normalized spacial score (nSPS) is 21.0. The van der Waals surface area contributed by atoms with Gasteiger partial charge >= 0.3 is 5.97 Å². The van der Waals surface area contributed by atoms with Gasteiger partial charge in [-0.3, -0.25) is 9.59 Å². The van der Waals surface area contributed by atoms with E-state index in [4.69, 9.17) is 10.2 Å². The molecule has 2 N–H and O–H groups in total. The van der Waals surface area contributed by atoms with Crippen molar-refractivity contribution in [2.24, 2.45) is 5.73 Å². The molecule has 0 radical (unpaired) electrons. The molecule has 1 aliphatic rings. The molecule has 0 saturated carbocycles. The van der Waals surface area contributed by atoms with Crippen LogP contribution in [0, 0.1) is 0 Å². The van der Waals surface area contributed by atoms with Crippen LogP contribution in [-0.4, -0.2) is 36.5 Å². The molecule has 1 aliphatic heterocycles. The number of esters is 1. The number of rotatable bonds is 4. The molecular formula is C12H14N2O4. The Balaban J connectivity index is 2.03. The lowest BCUT2D eigenvalue weighted by molar-refractivity contribution is -0.149. The molecular weight excluding hydrogens is 236 g/mol. The molecule has 96 valence electrons. The number of carbonyl (C=O) groups excluding carboxylic acids is 2. The number of amides is 1. The average molecular weight is 250 g/mol. The predicted octanol–water partition coefficient (Wildman–Crippen LogP) is 0.0485. The van der Waals surface area contributed by atoms with Crippen molar-refractivity contribution >= 4 is 11.9 Å². The Morgan fingerprint density at radius 1 is 1.67 bits per heavy atom. The van der Waals surface area contributed by atoms with Crippen molar-refractivity contribution < 1.29 is 18.7 Å². The third-order valence-corrected chi connectivity index (χ3v) is 2.77. The van der Waals surface area contributed by atoms with Crippen LogP contribution in [0.4, 0.5) is 0 Å². The fourth-order valence-corrected chi connectivity index (χ4v) is 1.76. The third-order valence-electron chi connectivity index (χ3n) is 2.77. The number of nitrogens with two attached hydrogens (primary N) is 1. The van der Waals surface area contributed by atoms with E-state index in [1.54, 1.807) is 18.4 Å². The first-order chi connectivity index (χ1) is 8.63. The van der Waals surface area contributed by atoms with E-state index in [2.05, 4.69) is 4.74 Å². The average Bonchev–Trinajstić information content (AvgIpc) is 2.89. The number of likely N-dealkylation sites (tertiary alicyclic amines) is 1. The Morgan fingerprint density at radius 2 is 2.44 bits per heavy atom. The SMILES string of the molecule is COC(=O)CN1C(=O)C(N)C1=CCc1ccco1. The number of nitrogens with zero attached hydrogens (tertiary/aromatic N) is 1. The first-order valence-electron chi connectivity index (χ1n) is 5.49. The Labute approximate surface area is 104 Å². The number of methoxy groups -OCH3 is 1. The van der Waals surface area contributed by atoms with Crippen LogP contribution in [0.3, 0.4) is 0 Å². The van der Waals surface area contributed by atoms with E-state index in [-0.39, 0.29) is 12.5 Å². The van der Waals surface area contributed by atoms with E-state index in [0.717, 1.165) is 5.76 Å². The maximum atomic E-state index is 11.5. The van der Waals surface area contributed by atoms with E-state index >= 15 is 0 Å². The van der Waals surface area contributed by atoms with Crippen LogP contribution >= 0.6 is 0 Å². The lowest BCUT2D eigenvalue weighted by Gasteiger charge is -2.38. The van der Waals surface area contributed by atoms with Crippen molar-refractivity contribution in [3.63, 3.8) is 0 Å². The van der Waals surface area contributed by atoms with Crippen molar-refractivity contribution in [1.82, 2.24) is 4.90 Å². The number of β-lactam (4-membered cyclic amide) rings is 1. The molecule has 18 heavy (non-hydrogen) atoms. The molecule has 0 aromatic carbocycles. The van der Waals surface area contributed by atoms with Gasteiger partial charge in [0.2, 0.25) is 5.91 Å². The zero-order chi connectivity index (χ0) is 13.1. The van der Waals surface area contributed by atoms with Crippen LogP contribution in [0.5, 0.6) is 0 Å². The van der Waals surface area contributed by atoms with Crippen molar-refractivity contribution in [2.75, 3.05) is 13.7 Å². The van der Waals surface area contributed by atoms with Crippen LogP contribution in [0.2, 0.25) is 0 Å². The predicted molar refractivity (Wildman–Crippen MR) is 62.2 cm³/mol. The smallest absolute Gasteiger partial charge is 0.325 e. The van der Waals surface area contributed by atoms with Crippen molar-refractivity contribution in [3.05, 3.63) is 35.9 Å². The Kier molecular flexibility index (Phi) is 3.47. The van der Waals surface area contributed by atoms with E-state index in [9.17, 15) is 9.59 Å². The van der Waals surface area contributed by atoms with Gasteiger partial charge in [-0.05, 0) is 12.1 Å². The minimum atomic E-state index is -0.662. The number of ether oxygens (including phenoxy) is 1. The summed E-state index contributed by atoms with van der Waals surface area (Å²) >= 11 is 0. The number of carbonyl (C=O) groups is 2. The summed E-state index contributed by atoms with van der Waals surface area (Å²) in [7, 11) is 1.28. The van der Waals surface area contributed by atoms with Gasteiger partial charge in [0.1, 0.15) is 18.3 Å². The van der Waals surface area contributed by atoms with Gasteiger partial charge in [0.15, 0.2) is 0 Å². The molecule has 2 heterocycles. The molecule has 0 spiro atoms. The largest absolute Gasteiger partial charge is 0.469 e. The van der Waals surface area contributed by atoms with Gasteiger partial charge < -0.3 is 19.8 Å². The topological polar surface area (TPSA) is 85.8 Å². The second-order valence-electron chi connectivity index (χ2n) is 3.89. The number of allylic oxidation sites excluding steroid dienone is 1. The van der Waals surface area contributed by atoms with Gasteiger partial charge in [0.05, 0.1) is 13.4 Å². The van der Waals surface area contributed by atoms with Crippen molar-refractivity contribution in [2.45, 2.75) is 12.5 Å². The van der Waals surface area contributed by atoms with Gasteiger partial charge in [-0.1, -0.05) is 6.08 Å². The summed E-state index contributed by atoms with van der Waals surface area (Å²) in [4.78, 5) is 24.0. The fraction of sp³-hybridized carbons (Fsp3) is 0.333. The second kappa shape index (κ2) is 5.05. The molecule has 1 saturated heterocycles. The Hall–Kier alpha value is -2.08. The standard InChI is InChI=1S/C12H14N2O4/c1-17-10(15)7-14-9(11(13)12(14)16)5-4-8-3-2-6-18-8/h2-3,5-6,11H,4,7,13H2,1H3. The van der Waals surface area contributed by atoms with Gasteiger partial charge in [0.25, 0.3) is 0 Å². The number of hydrogen-bond acceptors (Lipinski definition) is 5. The molecule has 6 heteroatoms. The van der Waals surface area contributed by atoms with Gasteiger partial charge in [-0.25, -0.2) is 0 Å². The molecule has 1 aromatic heterocycles. The van der Waals surface area contributed by atoms with Gasteiger partial charge in [-0.15, -0.1) is 0 Å². The molecule has 1 aromatic rings. The van der Waals surface area contributed by atoms with E-state index in [1.807, 2.05) is 6.07 Å². The van der Waals surface area contributed by atoms with Crippen LogP contribution in [-0.2, 0) is 20.7 Å². The highest BCUT2D eigenvalue weighted by atomic mass is 16.5. The number of furan rings is 1. The van der Waals surface area contributed by atoms with Crippen LogP contribution in [0.25, 0.3) is 0 Å². The molecule has 1 amide bonds. The monoisotopic (exact) mass is 250 g/mol. The van der Waals surface area contributed by atoms with Gasteiger partial charge in [-0.2, -0.15) is 0 Å². The lowest BCUT2D eigenvalue weighted by Crippen LogP contribution is -2.59. The Morgan fingerprint density at radius 3 is 3.06 bits per heavy atom. The first kappa shape index (κ1) is 12.4. The molecule has 1 fully saturated rings. The molecule has 6 nitrogen and oxygen atoms in total. The quantitative estimate of drug-likeness (QED) is 0.602. The fourth-order valence-electron chi connectivity index (χ4n) is 1.76. The zero-order valence-electron chi connectivity index (χ0n) is 9.96. The second-order valence-corrected chi connectivity index (χ2v) is 3.89. The summed E-state index contributed by atoms with van der Waals surface area (Å²) in [5.74, 6) is 0.0253. The first-order valence-corrected chi connectivity index (χ1v) is 5.49. The summed E-state index contributed by atoms with van der Waals surface area (Å²) in [6.45, 7) is -0.104. The van der Waals surface area contributed by atoms with E-state index < -0.39 is 12.0 Å². The molecule has 0 aliphatic carbocycles. The molecule has 0 bridgehead atoms. The summed E-state index contributed by atoms with van der Waals surface area (Å²) in [5, 5.41) is 0. The van der Waals surface area contributed by atoms with Crippen molar-refractivity contribution in [1.29, 1.82) is 0 Å². The summed E-state index contributed by atoms with van der Waals surface area (Å²) in [5.41, 5.74) is 6.30. The van der Waals surface area contributed by atoms with Crippen molar-refractivity contribution in [3.8, 4) is 0 Å². The minimum absolute atomic E-state index is 0.104. The van der Waals surface area contributed by atoms with E-state index in [1.165, 1.54) is 12.0 Å². The maximum Gasteiger partial charge on any atom is 0.325 e. The van der Waals surface area contributed by atoms with Gasteiger partial charge in [0, 0.05) is 12.1 Å². The number of hydrogen-bond donors (Lipinski definition) is 1. The summed E-state index contributed by atoms with van der Waals surface area (Å²) in [6, 6.07) is 2.95. The molecule has 1 unspecified atom stereocenters. The highest BCUT2D eigenvalue weighted by molar-refractivity contribution is 5.96. The lowest BCUT2D eigenvalue weighted by atomic mass is 10.0. The molecule has 1 atom stereocenters. The highest BCUT2D eigenvalue weighted by Crippen LogP contribution is 2.23. The summed E-state index contributed by atoms with van der Waals surface area (Å²) in [6.07, 6.45) is 3.89. The maximum absolute atomic E-state index is 11.5.